The number of Topliss-reactive ketones (excluding diaryl/α,β-unsaturated/α-hetero) is 1. The molecule has 78 valence electrons. The maximum atomic E-state index is 11.3. The molecule has 1 aliphatic rings. The largest absolute Gasteiger partial charge is 0.299 e. The van der Waals surface area contributed by atoms with E-state index in [1.165, 1.54) is 0 Å². The van der Waals surface area contributed by atoms with Crippen LogP contribution in [-0.2, 0) is 4.79 Å². The van der Waals surface area contributed by atoms with Crippen molar-refractivity contribution in [3.05, 3.63) is 0 Å². The molecule has 0 radical (unpaired) electrons. The molecular weight excluding hydrogens is 186 g/mol. The van der Waals surface area contributed by atoms with E-state index >= 15 is 0 Å². The number of carbonyl (C=O) groups is 1. The minimum Gasteiger partial charge on any atom is -0.299 e. The first-order valence-corrected chi connectivity index (χ1v) is 4.82. The fraction of sp³-hybridized carbons (Fsp3) is 0.900. The van der Waals surface area contributed by atoms with Gasteiger partial charge in [0, 0.05) is 31.0 Å². The summed E-state index contributed by atoms with van der Waals surface area (Å²) < 4.78 is 0. The van der Waals surface area contributed by atoms with Crippen molar-refractivity contribution in [1.82, 2.24) is 4.90 Å². The zero-order valence-electron chi connectivity index (χ0n) is 8.91. The molecule has 0 spiro atoms. The standard InChI is InChI=1S/C10H19NO.ClH/c1-7(2)11-6-5-10(12)8(3)9(11)4;/h7-9H,5-6H2,1-4H3;1H. The monoisotopic (exact) mass is 205 g/mol. The molecule has 3 heteroatoms. The number of rotatable bonds is 1. The number of hydrogen-bond donors (Lipinski definition) is 0. The summed E-state index contributed by atoms with van der Waals surface area (Å²) in [5, 5.41) is 0. The van der Waals surface area contributed by atoms with E-state index in [0.29, 0.717) is 17.9 Å². The van der Waals surface area contributed by atoms with E-state index in [1.807, 2.05) is 6.92 Å². The Morgan fingerprint density at radius 3 is 2.38 bits per heavy atom. The van der Waals surface area contributed by atoms with Crippen LogP contribution in [0.2, 0.25) is 0 Å². The first kappa shape index (κ1) is 12.9. The molecule has 0 N–H and O–H groups in total. The molecule has 0 aliphatic carbocycles. The summed E-state index contributed by atoms with van der Waals surface area (Å²) in [4.78, 5) is 13.8. The van der Waals surface area contributed by atoms with Gasteiger partial charge in [0.25, 0.3) is 0 Å². The molecule has 1 heterocycles. The molecule has 1 rings (SSSR count). The first-order valence-electron chi connectivity index (χ1n) is 4.82. The molecule has 1 saturated heterocycles. The van der Waals surface area contributed by atoms with Crippen molar-refractivity contribution in [2.24, 2.45) is 5.92 Å². The maximum absolute atomic E-state index is 11.3. The van der Waals surface area contributed by atoms with Gasteiger partial charge < -0.3 is 0 Å². The van der Waals surface area contributed by atoms with Gasteiger partial charge in [0.2, 0.25) is 0 Å². The number of piperidine rings is 1. The Balaban J connectivity index is 0.00000144. The summed E-state index contributed by atoms with van der Waals surface area (Å²) in [6.45, 7) is 9.53. The lowest BCUT2D eigenvalue weighted by Gasteiger charge is -2.39. The van der Waals surface area contributed by atoms with Gasteiger partial charge in [-0.15, -0.1) is 12.4 Å². The third-order valence-electron chi connectivity index (χ3n) is 3.03. The fourth-order valence-corrected chi connectivity index (χ4v) is 1.96. The smallest absolute Gasteiger partial charge is 0.138 e. The average Bonchev–Trinajstić information content (AvgIpc) is 2.00. The summed E-state index contributed by atoms with van der Waals surface area (Å²) in [6, 6.07) is 0.988. The lowest BCUT2D eigenvalue weighted by atomic mass is 9.90. The topological polar surface area (TPSA) is 20.3 Å². The zero-order chi connectivity index (χ0) is 9.30. The van der Waals surface area contributed by atoms with Gasteiger partial charge in [-0.2, -0.15) is 0 Å². The van der Waals surface area contributed by atoms with Crippen molar-refractivity contribution in [2.45, 2.75) is 46.2 Å². The van der Waals surface area contributed by atoms with Gasteiger partial charge in [0.1, 0.15) is 5.78 Å². The minimum absolute atomic E-state index is 0. The molecule has 0 aromatic carbocycles. The molecule has 0 aromatic heterocycles. The molecule has 2 atom stereocenters. The van der Waals surface area contributed by atoms with Crippen LogP contribution in [0.1, 0.15) is 34.1 Å². The van der Waals surface area contributed by atoms with Crippen molar-refractivity contribution in [3.63, 3.8) is 0 Å². The summed E-state index contributed by atoms with van der Waals surface area (Å²) in [6.07, 6.45) is 0.740. The van der Waals surface area contributed by atoms with Gasteiger partial charge in [-0.05, 0) is 20.8 Å². The van der Waals surface area contributed by atoms with Gasteiger partial charge in [-0.1, -0.05) is 6.92 Å². The summed E-state index contributed by atoms with van der Waals surface area (Å²) in [5.74, 6) is 0.653. The lowest BCUT2D eigenvalue weighted by molar-refractivity contribution is -0.128. The predicted molar refractivity (Wildman–Crippen MR) is 57.3 cm³/mol. The van der Waals surface area contributed by atoms with Crippen LogP contribution < -0.4 is 0 Å². The first-order chi connectivity index (χ1) is 5.54. The Hall–Kier alpha value is -0.0800. The van der Waals surface area contributed by atoms with Crippen LogP contribution in [0.4, 0.5) is 0 Å². The van der Waals surface area contributed by atoms with E-state index in [1.54, 1.807) is 0 Å². The molecular formula is C10H20ClNO. The second kappa shape index (κ2) is 4.97. The van der Waals surface area contributed by atoms with Crippen LogP contribution in [0.3, 0.4) is 0 Å². The highest BCUT2D eigenvalue weighted by Crippen LogP contribution is 2.21. The van der Waals surface area contributed by atoms with Crippen LogP contribution in [0.25, 0.3) is 0 Å². The Kier molecular flexibility index (Phi) is 4.93. The SMILES string of the molecule is CC1C(=O)CCN(C(C)C)C1C.Cl. The van der Waals surface area contributed by atoms with E-state index in [-0.39, 0.29) is 18.3 Å². The maximum Gasteiger partial charge on any atom is 0.138 e. The van der Waals surface area contributed by atoms with E-state index in [4.69, 9.17) is 0 Å². The molecule has 0 aromatic rings. The molecule has 0 amide bonds. The van der Waals surface area contributed by atoms with Crippen molar-refractivity contribution < 1.29 is 4.79 Å². The summed E-state index contributed by atoms with van der Waals surface area (Å²) >= 11 is 0. The van der Waals surface area contributed by atoms with Crippen LogP contribution in [0.15, 0.2) is 0 Å². The van der Waals surface area contributed by atoms with E-state index in [0.717, 1.165) is 13.0 Å². The summed E-state index contributed by atoms with van der Waals surface area (Å²) in [5.41, 5.74) is 0. The molecule has 2 nitrogen and oxygen atoms in total. The van der Waals surface area contributed by atoms with Crippen LogP contribution in [0.5, 0.6) is 0 Å². The molecule has 13 heavy (non-hydrogen) atoms. The zero-order valence-corrected chi connectivity index (χ0v) is 9.73. The number of nitrogens with zero attached hydrogens (tertiary/aromatic N) is 1. The quantitative estimate of drug-likeness (QED) is 0.654. The van der Waals surface area contributed by atoms with Crippen molar-refractivity contribution in [1.29, 1.82) is 0 Å². The van der Waals surface area contributed by atoms with Crippen LogP contribution in [-0.4, -0.2) is 29.3 Å². The van der Waals surface area contributed by atoms with Gasteiger partial charge in [0.15, 0.2) is 0 Å². The Labute approximate surface area is 87.1 Å². The Morgan fingerprint density at radius 1 is 1.38 bits per heavy atom. The number of halogens is 1. The van der Waals surface area contributed by atoms with Crippen molar-refractivity contribution >= 4 is 18.2 Å². The number of ketones is 1. The second-order valence-electron chi connectivity index (χ2n) is 4.08. The van der Waals surface area contributed by atoms with Gasteiger partial charge >= 0.3 is 0 Å². The summed E-state index contributed by atoms with van der Waals surface area (Å²) in [7, 11) is 0. The normalized spacial score (nSPS) is 30.4. The molecule has 0 saturated carbocycles. The van der Waals surface area contributed by atoms with E-state index < -0.39 is 0 Å². The highest BCUT2D eigenvalue weighted by molar-refractivity contribution is 5.85. The van der Waals surface area contributed by atoms with Gasteiger partial charge in [-0.25, -0.2) is 0 Å². The highest BCUT2D eigenvalue weighted by atomic mass is 35.5. The molecule has 1 fully saturated rings. The average molecular weight is 206 g/mol. The number of likely N-dealkylation sites (tertiary alicyclic amines) is 1. The Morgan fingerprint density at radius 2 is 1.92 bits per heavy atom. The van der Waals surface area contributed by atoms with Crippen LogP contribution in [0, 0.1) is 5.92 Å². The second-order valence-corrected chi connectivity index (χ2v) is 4.08. The van der Waals surface area contributed by atoms with Gasteiger partial charge in [-0.3, -0.25) is 9.69 Å². The van der Waals surface area contributed by atoms with Crippen LogP contribution >= 0.6 is 12.4 Å². The lowest BCUT2D eigenvalue weighted by Crippen LogP contribution is -2.49. The fourth-order valence-electron chi connectivity index (χ4n) is 1.96. The third-order valence-corrected chi connectivity index (χ3v) is 3.03. The van der Waals surface area contributed by atoms with E-state index in [9.17, 15) is 4.79 Å². The van der Waals surface area contributed by atoms with Crippen molar-refractivity contribution in [3.8, 4) is 0 Å². The number of hydrogen-bond acceptors (Lipinski definition) is 2. The van der Waals surface area contributed by atoms with Crippen molar-refractivity contribution in [2.75, 3.05) is 6.54 Å². The van der Waals surface area contributed by atoms with E-state index in [2.05, 4.69) is 25.7 Å². The Bertz CT molecular complexity index is 182. The predicted octanol–water partition coefficient (Wildman–Crippen LogP) is 2.12. The molecule has 1 aliphatic heterocycles. The minimum atomic E-state index is 0. The third kappa shape index (κ3) is 2.68. The molecule has 2 unspecified atom stereocenters. The van der Waals surface area contributed by atoms with Gasteiger partial charge in [0.05, 0.1) is 0 Å². The molecule has 0 bridgehead atoms. The number of carbonyl (C=O) groups excluding carboxylic acids is 1. The highest BCUT2D eigenvalue weighted by Gasteiger charge is 2.31.